The van der Waals surface area contributed by atoms with Crippen molar-refractivity contribution < 1.29 is 0 Å². The molecule has 0 aliphatic heterocycles. The van der Waals surface area contributed by atoms with Crippen LogP contribution in [-0.2, 0) is 20.0 Å². The molecule has 0 saturated heterocycles. The maximum Gasteiger partial charge on any atom is 0.265 e. The van der Waals surface area contributed by atoms with Crippen molar-refractivity contribution in [2.45, 2.75) is 19.9 Å². The van der Waals surface area contributed by atoms with E-state index >= 15 is 0 Å². The van der Waals surface area contributed by atoms with Crippen molar-refractivity contribution in [1.82, 2.24) is 14.3 Å². The molecule has 5 nitrogen and oxygen atoms in total. The maximum atomic E-state index is 12.0. The summed E-state index contributed by atoms with van der Waals surface area (Å²) in [5, 5.41) is 4.41. The van der Waals surface area contributed by atoms with Crippen molar-refractivity contribution in [2.75, 3.05) is 5.73 Å². The number of pyridine rings is 1. The lowest BCUT2D eigenvalue weighted by Gasteiger charge is -2.08. The standard InChI is InChI=1S/C12H14Br2N4O/c1-3-9-11(14)10(17(2)16-9)6-18-5-7(15)4-8(13)12(18)19/h4-5H,3,6,15H2,1-2H3. The fourth-order valence-electron chi connectivity index (χ4n) is 1.89. The molecule has 0 bridgehead atoms. The number of nitrogens with zero attached hydrogens (tertiary/aromatic N) is 3. The number of rotatable bonds is 3. The Morgan fingerprint density at radius 2 is 2.11 bits per heavy atom. The van der Waals surface area contributed by atoms with E-state index in [1.807, 2.05) is 14.0 Å². The normalized spacial score (nSPS) is 10.9. The van der Waals surface area contributed by atoms with Gasteiger partial charge in [-0.25, -0.2) is 0 Å². The van der Waals surface area contributed by atoms with Crippen LogP contribution in [-0.4, -0.2) is 14.3 Å². The molecule has 2 heterocycles. The Kier molecular flexibility index (Phi) is 4.15. The van der Waals surface area contributed by atoms with Gasteiger partial charge in [0, 0.05) is 18.9 Å². The topological polar surface area (TPSA) is 65.8 Å². The van der Waals surface area contributed by atoms with Crippen LogP contribution in [0, 0.1) is 0 Å². The number of anilines is 1. The van der Waals surface area contributed by atoms with Crippen LogP contribution in [0.1, 0.15) is 18.3 Å². The Morgan fingerprint density at radius 1 is 1.42 bits per heavy atom. The van der Waals surface area contributed by atoms with E-state index < -0.39 is 0 Å². The van der Waals surface area contributed by atoms with Gasteiger partial charge in [-0.2, -0.15) is 5.10 Å². The van der Waals surface area contributed by atoms with Gasteiger partial charge in [-0.1, -0.05) is 6.92 Å². The molecule has 0 atom stereocenters. The molecule has 0 aliphatic carbocycles. The second kappa shape index (κ2) is 5.50. The maximum absolute atomic E-state index is 12.0. The molecule has 0 radical (unpaired) electrons. The third-order valence-corrected chi connectivity index (χ3v) is 4.37. The zero-order valence-electron chi connectivity index (χ0n) is 10.7. The van der Waals surface area contributed by atoms with Crippen molar-refractivity contribution in [2.24, 2.45) is 7.05 Å². The van der Waals surface area contributed by atoms with Crippen LogP contribution in [0.4, 0.5) is 5.69 Å². The van der Waals surface area contributed by atoms with Crippen LogP contribution in [0.25, 0.3) is 0 Å². The van der Waals surface area contributed by atoms with Crippen LogP contribution >= 0.6 is 31.9 Å². The summed E-state index contributed by atoms with van der Waals surface area (Å²) in [5.74, 6) is 0. The number of nitrogens with two attached hydrogens (primary N) is 1. The number of halogens is 2. The number of hydrogen-bond acceptors (Lipinski definition) is 3. The van der Waals surface area contributed by atoms with Crippen molar-refractivity contribution in [1.29, 1.82) is 0 Å². The first-order chi connectivity index (χ1) is 8.93. The summed E-state index contributed by atoms with van der Waals surface area (Å²) in [6.07, 6.45) is 2.47. The minimum Gasteiger partial charge on any atom is -0.398 e. The Bertz CT molecular complexity index is 675. The largest absolute Gasteiger partial charge is 0.398 e. The van der Waals surface area contributed by atoms with Gasteiger partial charge in [-0.15, -0.1) is 0 Å². The summed E-state index contributed by atoms with van der Waals surface area (Å²) in [5.41, 5.74) is 8.12. The SMILES string of the molecule is CCc1nn(C)c(Cn2cc(N)cc(Br)c2=O)c1Br. The molecular weight excluding hydrogens is 376 g/mol. The molecule has 2 N–H and O–H groups in total. The van der Waals surface area contributed by atoms with Crippen molar-refractivity contribution >= 4 is 37.5 Å². The molecule has 0 aromatic carbocycles. The molecule has 2 rings (SSSR count). The van der Waals surface area contributed by atoms with E-state index in [2.05, 4.69) is 37.0 Å². The van der Waals surface area contributed by atoms with Crippen LogP contribution in [0.2, 0.25) is 0 Å². The van der Waals surface area contributed by atoms with E-state index in [1.165, 1.54) is 0 Å². The average molecular weight is 390 g/mol. The first-order valence-corrected chi connectivity index (χ1v) is 7.38. The van der Waals surface area contributed by atoms with Crippen LogP contribution < -0.4 is 11.3 Å². The van der Waals surface area contributed by atoms with Gasteiger partial charge in [0.2, 0.25) is 0 Å². The molecule has 0 aliphatic rings. The van der Waals surface area contributed by atoms with Gasteiger partial charge in [-0.05, 0) is 44.3 Å². The van der Waals surface area contributed by atoms with E-state index in [0.717, 1.165) is 22.3 Å². The summed E-state index contributed by atoms with van der Waals surface area (Å²) in [4.78, 5) is 12.0. The predicted molar refractivity (Wildman–Crippen MR) is 82.2 cm³/mol. The Labute approximate surface area is 127 Å². The first kappa shape index (κ1) is 14.3. The van der Waals surface area contributed by atoms with E-state index in [4.69, 9.17) is 5.73 Å². The van der Waals surface area contributed by atoms with Gasteiger partial charge < -0.3 is 10.3 Å². The summed E-state index contributed by atoms with van der Waals surface area (Å²) in [7, 11) is 1.87. The molecule has 0 fully saturated rings. The smallest absolute Gasteiger partial charge is 0.265 e. The molecule has 102 valence electrons. The van der Waals surface area contributed by atoms with E-state index in [9.17, 15) is 4.79 Å². The van der Waals surface area contributed by atoms with Crippen LogP contribution in [0.5, 0.6) is 0 Å². The summed E-state index contributed by atoms with van der Waals surface area (Å²) >= 11 is 6.76. The highest BCUT2D eigenvalue weighted by molar-refractivity contribution is 9.10. The van der Waals surface area contributed by atoms with E-state index in [0.29, 0.717) is 16.7 Å². The van der Waals surface area contributed by atoms with Crippen molar-refractivity contribution in [3.63, 3.8) is 0 Å². The lowest BCUT2D eigenvalue weighted by Crippen LogP contribution is -2.22. The van der Waals surface area contributed by atoms with Gasteiger partial charge in [0.1, 0.15) is 0 Å². The molecule has 7 heteroatoms. The molecule has 0 saturated carbocycles. The highest BCUT2D eigenvalue weighted by Gasteiger charge is 2.14. The highest BCUT2D eigenvalue weighted by atomic mass is 79.9. The van der Waals surface area contributed by atoms with E-state index in [1.54, 1.807) is 21.5 Å². The second-order valence-electron chi connectivity index (χ2n) is 4.24. The minimum absolute atomic E-state index is 0.111. The van der Waals surface area contributed by atoms with Crippen molar-refractivity contribution in [3.05, 3.63) is 43.0 Å². The van der Waals surface area contributed by atoms with E-state index in [-0.39, 0.29) is 5.56 Å². The summed E-state index contributed by atoms with van der Waals surface area (Å²) in [6, 6.07) is 1.61. The second-order valence-corrected chi connectivity index (χ2v) is 5.89. The predicted octanol–water partition coefficient (Wildman–Crippen LogP) is 2.30. The van der Waals surface area contributed by atoms with Gasteiger partial charge in [0.25, 0.3) is 5.56 Å². The van der Waals surface area contributed by atoms with Crippen molar-refractivity contribution in [3.8, 4) is 0 Å². The molecular formula is C12H14Br2N4O. The monoisotopic (exact) mass is 388 g/mol. The Hall–Kier alpha value is -1.08. The fourth-order valence-corrected chi connectivity index (χ4v) is 3.13. The number of hydrogen-bond donors (Lipinski definition) is 1. The van der Waals surface area contributed by atoms with Gasteiger partial charge in [0.05, 0.1) is 26.9 Å². The molecule has 2 aromatic rings. The zero-order valence-corrected chi connectivity index (χ0v) is 13.8. The third-order valence-electron chi connectivity index (χ3n) is 2.89. The number of aryl methyl sites for hydroxylation is 2. The minimum atomic E-state index is -0.111. The highest BCUT2D eigenvalue weighted by Crippen LogP contribution is 2.22. The molecule has 0 unspecified atom stereocenters. The quantitative estimate of drug-likeness (QED) is 0.875. The molecule has 19 heavy (non-hydrogen) atoms. The lowest BCUT2D eigenvalue weighted by atomic mass is 10.3. The fraction of sp³-hybridized carbons (Fsp3) is 0.333. The summed E-state index contributed by atoms with van der Waals surface area (Å²) < 4.78 is 4.76. The number of nitrogen functional groups attached to an aromatic ring is 1. The number of aromatic nitrogens is 3. The van der Waals surface area contributed by atoms with Crippen LogP contribution in [0.15, 0.2) is 26.0 Å². The van der Waals surface area contributed by atoms with Gasteiger partial charge in [0.15, 0.2) is 0 Å². The molecule has 2 aromatic heterocycles. The third kappa shape index (κ3) is 2.76. The Balaban J connectivity index is 2.48. The molecule has 0 amide bonds. The van der Waals surface area contributed by atoms with Crippen LogP contribution in [0.3, 0.4) is 0 Å². The average Bonchev–Trinajstić information content (AvgIpc) is 2.62. The summed E-state index contributed by atoms with van der Waals surface area (Å²) in [6.45, 7) is 2.46. The molecule has 0 spiro atoms. The Morgan fingerprint density at radius 3 is 2.68 bits per heavy atom. The first-order valence-electron chi connectivity index (χ1n) is 5.79. The zero-order chi connectivity index (χ0) is 14.2. The lowest BCUT2D eigenvalue weighted by molar-refractivity contribution is 0.647. The van der Waals surface area contributed by atoms with Gasteiger partial charge >= 0.3 is 0 Å². The van der Waals surface area contributed by atoms with Gasteiger partial charge in [-0.3, -0.25) is 9.48 Å².